The number of alkyl halides is 1. The van der Waals surface area contributed by atoms with Gasteiger partial charge in [-0.2, -0.15) is 5.10 Å². The summed E-state index contributed by atoms with van der Waals surface area (Å²) in [5.41, 5.74) is 1.02. The summed E-state index contributed by atoms with van der Waals surface area (Å²) >= 11 is 3.47. The van der Waals surface area contributed by atoms with Crippen LogP contribution in [0, 0.1) is 0 Å². The highest BCUT2D eigenvalue weighted by Crippen LogP contribution is 2.21. The number of hydrogen-bond donors (Lipinski definition) is 1. The molecular weight excluding hydrogens is 330 g/mol. The number of nitrogens with one attached hydrogen (secondary N) is 1. The third-order valence-electron chi connectivity index (χ3n) is 2.67. The van der Waals surface area contributed by atoms with E-state index in [0.717, 1.165) is 5.56 Å². The average molecular weight is 344 g/mol. The number of rotatable bonds is 5. The van der Waals surface area contributed by atoms with Crippen LogP contribution >= 0.6 is 15.9 Å². The molecule has 1 N–H and O–H groups in total. The maximum atomic E-state index is 12.1. The van der Waals surface area contributed by atoms with Gasteiger partial charge >= 0.3 is 0 Å². The SMILES string of the molecule is Cn1nccc1S(=O)(=O)NCC(Br)c1ccccc1. The molecule has 0 bridgehead atoms. The highest BCUT2D eigenvalue weighted by atomic mass is 79.9. The Balaban J connectivity index is 2.05. The molecule has 0 saturated carbocycles. The fraction of sp³-hybridized carbons (Fsp3) is 0.250. The largest absolute Gasteiger partial charge is 0.257 e. The second-order valence-corrected chi connectivity index (χ2v) is 6.84. The van der Waals surface area contributed by atoms with E-state index in [-0.39, 0.29) is 16.4 Å². The minimum atomic E-state index is -3.53. The Hall–Kier alpha value is -1.18. The predicted octanol–water partition coefficient (Wildman–Crippen LogP) is 1.83. The summed E-state index contributed by atoms with van der Waals surface area (Å²) in [6, 6.07) is 11.1. The highest BCUT2D eigenvalue weighted by Gasteiger charge is 2.19. The van der Waals surface area contributed by atoms with Crippen LogP contribution in [0.5, 0.6) is 0 Å². The Morgan fingerprint density at radius 2 is 2.00 bits per heavy atom. The highest BCUT2D eigenvalue weighted by molar-refractivity contribution is 9.09. The number of aromatic nitrogens is 2. The number of sulfonamides is 1. The number of aryl methyl sites for hydroxylation is 1. The number of halogens is 1. The Bertz CT molecular complexity index is 640. The van der Waals surface area contributed by atoms with Gasteiger partial charge in [-0.05, 0) is 11.6 Å². The van der Waals surface area contributed by atoms with E-state index in [0.29, 0.717) is 0 Å². The molecular formula is C12H14BrN3O2S. The van der Waals surface area contributed by atoms with E-state index < -0.39 is 10.0 Å². The van der Waals surface area contributed by atoms with Gasteiger partial charge in [-0.15, -0.1) is 0 Å². The van der Waals surface area contributed by atoms with Gasteiger partial charge in [-0.25, -0.2) is 13.1 Å². The van der Waals surface area contributed by atoms with Gasteiger partial charge in [0, 0.05) is 13.6 Å². The molecule has 102 valence electrons. The molecule has 2 aromatic rings. The minimum Gasteiger partial charge on any atom is -0.256 e. The van der Waals surface area contributed by atoms with Crippen molar-refractivity contribution >= 4 is 26.0 Å². The lowest BCUT2D eigenvalue weighted by Gasteiger charge is -2.12. The van der Waals surface area contributed by atoms with Crippen molar-refractivity contribution in [3.05, 3.63) is 48.2 Å². The van der Waals surface area contributed by atoms with Crippen molar-refractivity contribution in [3.8, 4) is 0 Å². The molecule has 1 atom stereocenters. The van der Waals surface area contributed by atoms with E-state index in [4.69, 9.17) is 0 Å². The molecule has 0 aliphatic heterocycles. The quantitative estimate of drug-likeness (QED) is 0.842. The van der Waals surface area contributed by atoms with Crippen LogP contribution in [0.3, 0.4) is 0 Å². The Kier molecular flexibility index (Phi) is 4.38. The van der Waals surface area contributed by atoms with Gasteiger partial charge in [0.15, 0.2) is 5.03 Å². The molecule has 1 unspecified atom stereocenters. The molecule has 0 fully saturated rings. The summed E-state index contributed by atoms with van der Waals surface area (Å²) in [7, 11) is -1.94. The van der Waals surface area contributed by atoms with Crippen LogP contribution in [0.2, 0.25) is 0 Å². The van der Waals surface area contributed by atoms with Crippen LogP contribution in [-0.2, 0) is 17.1 Å². The summed E-state index contributed by atoms with van der Waals surface area (Å²) in [6.45, 7) is 0.275. The van der Waals surface area contributed by atoms with Gasteiger partial charge < -0.3 is 0 Å². The lowest BCUT2D eigenvalue weighted by atomic mass is 10.2. The summed E-state index contributed by atoms with van der Waals surface area (Å²) in [4.78, 5) is -0.0725. The van der Waals surface area contributed by atoms with Crippen LogP contribution in [0.4, 0.5) is 0 Å². The maximum absolute atomic E-state index is 12.1. The van der Waals surface area contributed by atoms with Crippen molar-refractivity contribution in [1.82, 2.24) is 14.5 Å². The first-order valence-corrected chi connectivity index (χ1v) is 8.07. The molecule has 0 spiro atoms. The Morgan fingerprint density at radius 3 is 2.58 bits per heavy atom. The molecule has 0 aliphatic rings. The molecule has 5 nitrogen and oxygen atoms in total. The molecule has 0 radical (unpaired) electrons. The van der Waals surface area contributed by atoms with E-state index in [1.807, 2.05) is 30.3 Å². The van der Waals surface area contributed by atoms with Gasteiger partial charge in [-0.1, -0.05) is 46.3 Å². The monoisotopic (exact) mass is 343 g/mol. The van der Waals surface area contributed by atoms with Crippen molar-refractivity contribution in [2.75, 3.05) is 6.54 Å². The van der Waals surface area contributed by atoms with E-state index in [9.17, 15) is 8.42 Å². The van der Waals surface area contributed by atoms with E-state index in [1.165, 1.54) is 16.9 Å². The van der Waals surface area contributed by atoms with Gasteiger partial charge in [0.1, 0.15) is 0 Å². The molecule has 2 rings (SSSR count). The molecule has 1 heterocycles. The van der Waals surface area contributed by atoms with E-state index >= 15 is 0 Å². The second-order valence-electron chi connectivity index (χ2n) is 4.02. The smallest absolute Gasteiger partial charge is 0.256 e. The zero-order valence-electron chi connectivity index (χ0n) is 10.3. The fourth-order valence-electron chi connectivity index (χ4n) is 1.66. The van der Waals surface area contributed by atoms with Gasteiger partial charge in [-0.3, -0.25) is 4.68 Å². The first kappa shape index (κ1) is 14.2. The standard InChI is InChI=1S/C12H14BrN3O2S/c1-16-12(7-8-14-16)19(17,18)15-9-11(13)10-5-3-2-4-6-10/h2-8,11,15H,9H2,1H3. The summed E-state index contributed by atoms with van der Waals surface area (Å²) < 4.78 is 28.0. The van der Waals surface area contributed by atoms with Gasteiger partial charge in [0.2, 0.25) is 0 Å². The van der Waals surface area contributed by atoms with Crippen molar-refractivity contribution < 1.29 is 8.42 Å². The molecule has 1 aromatic carbocycles. The van der Waals surface area contributed by atoms with Crippen molar-refractivity contribution in [1.29, 1.82) is 0 Å². The zero-order chi connectivity index (χ0) is 13.9. The first-order chi connectivity index (χ1) is 9.00. The fourth-order valence-corrected chi connectivity index (χ4v) is 3.51. The molecule has 0 aliphatic carbocycles. The average Bonchev–Trinajstić information content (AvgIpc) is 2.84. The van der Waals surface area contributed by atoms with Crippen molar-refractivity contribution in [2.45, 2.75) is 9.85 Å². The van der Waals surface area contributed by atoms with Gasteiger partial charge in [0.25, 0.3) is 10.0 Å². The normalized spacial score (nSPS) is 13.4. The van der Waals surface area contributed by atoms with E-state index in [1.54, 1.807) is 7.05 Å². The number of hydrogen-bond acceptors (Lipinski definition) is 3. The van der Waals surface area contributed by atoms with Crippen molar-refractivity contribution in [3.63, 3.8) is 0 Å². The zero-order valence-corrected chi connectivity index (χ0v) is 12.7. The lowest BCUT2D eigenvalue weighted by Crippen LogP contribution is -2.28. The second kappa shape index (κ2) is 5.85. The summed E-state index contributed by atoms with van der Waals surface area (Å²) in [6.07, 6.45) is 1.46. The molecule has 19 heavy (non-hydrogen) atoms. The van der Waals surface area contributed by atoms with Crippen LogP contribution < -0.4 is 4.72 Å². The Labute approximate surface area is 120 Å². The van der Waals surface area contributed by atoms with Crippen LogP contribution in [0.15, 0.2) is 47.6 Å². The molecule has 0 amide bonds. The third-order valence-corrected chi connectivity index (χ3v) is 5.02. The number of nitrogens with zero attached hydrogens (tertiary/aromatic N) is 2. The first-order valence-electron chi connectivity index (χ1n) is 5.67. The topological polar surface area (TPSA) is 64.0 Å². The number of benzene rings is 1. The molecule has 7 heteroatoms. The van der Waals surface area contributed by atoms with Crippen molar-refractivity contribution in [2.24, 2.45) is 7.05 Å². The summed E-state index contributed by atoms with van der Waals surface area (Å²) in [5, 5.41) is 4.01. The third kappa shape index (κ3) is 3.43. The molecule has 1 aromatic heterocycles. The Morgan fingerprint density at radius 1 is 1.32 bits per heavy atom. The lowest BCUT2D eigenvalue weighted by molar-refractivity contribution is 0.563. The van der Waals surface area contributed by atoms with E-state index in [2.05, 4.69) is 25.8 Å². The van der Waals surface area contributed by atoms with Crippen LogP contribution in [0.25, 0.3) is 0 Å². The van der Waals surface area contributed by atoms with Gasteiger partial charge in [0.05, 0.1) is 11.0 Å². The maximum Gasteiger partial charge on any atom is 0.257 e. The molecule has 0 saturated heterocycles. The minimum absolute atomic E-state index is 0.0725. The predicted molar refractivity (Wildman–Crippen MR) is 76.5 cm³/mol. The summed E-state index contributed by atoms with van der Waals surface area (Å²) in [5.74, 6) is 0. The van der Waals surface area contributed by atoms with Crippen LogP contribution in [-0.4, -0.2) is 24.7 Å². The van der Waals surface area contributed by atoms with Crippen LogP contribution in [0.1, 0.15) is 10.4 Å².